The van der Waals surface area contributed by atoms with E-state index in [0.29, 0.717) is 16.7 Å². The van der Waals surface area contributed by atoms with Crippen molar-refractivity contribution in [2.75, 3.05) is 0 Å². The molecule has 338 valence electrons. The van der Waals surface area contributed by atoms with Crippen LogP contribution in [0.1, 0.15) is 16.7 Å². The number of fused-ring (bicyclic) bond motifs is 14. The van der Waals surface area contributed by atoms with Crippen molar-refractivity contribution < 1.29 is 13.2 Å². The average molecular weight is 933 g/mol. The molecule has 0 saturated carbocycles. The van der Waals surface area contributed by atoms with E-state index < -0.39 is 11.7 Å². The highest BCUT2D eigenvalue weighted by Crippen LogP contribution is 2.49. The molecular formula is C63H35F3N6. The number of hydrogen-bond donors (Lipinski definition) is 0. The molecule has 10 aromatic carbocycles. The SMILES string of the molecule is N#Cc1cccc(C(F)(F)F)c1-c1ccc(-n2c3ccccc3c3ccc4c5ccccc5n(-c5ccccc5)c4c32)c(C#N)c1-n1c2ccccc2c2ccc3c4ccccc4n(-c4ccccc4)c3c21. The van der Waals surface area contributed by atoms with Crippen molar-refractivity contribution in [2.24, 2.45) is 0 Å². The zero-order valence-corrected chi connectivity index (χ0v) is 38.0. The van der Waals surface area contributed by atoms with Gasteiger partial charge in [0.1, 0.15) is 11.6 Å². The van der Waals surface area contributed by atoms with Gasteiger partial charge in [-0.25, -0.2) is 0 Å². The molecule has 6 nitrogen and oxygen atoms in total. The Morgan fingerprint density at radius 2 is 0.750 bits per heavy atom. The fraction of sp³-hybridized carbons (Fsp3) is 0.0159. The van der Waals surface area contributed by atoms with Gasteiger partial charge in [-0.15, -0.1) is 0 Å². The van der Waals surface area contributed by atoms with Gasteiger partial charge in [0.2, 0.25) is 0 Å². The van der Waals surface area contributed by atoms with E-state index in [4.69, 9.17) is 0 Å². The summed E-state index contributed by atoms with van der Waals surface area (Å²) in [6.45, 7) is 0. The minimum Gasteiger partial charge on any atom is -0.307 e. The number of nitrogens with zero attached hydrogens (tertiary/aromatic N) is 6. The molecule has 0 unspecified atom stereocenters. The molecule has 0 N–H and O–H groups in total. The summed E-state index contributed by atoms with van der Waals surface area (Å²) in [4.78, 5) is 0. The van der Waals surface area contributed by atoms with Gasteiger partial charge in [0.15, 0.2) is 0 Å². The molecule has 0 atom stereocenters. The van der Waals surface area contributed by atoms with Crippen LogP contribution in [0.15, 0.2) is 212 Å². The number of hydrogen-bond acceptors (Lipinski definition) is 2. The minimum absolute atomic E-state index is 0.0890. The monoisotopic (exact) mass is 932 g/mol. The van der Waals surface area contributed by atoms with Crippen LogP contribution in [0.2, 0.25) is 0 Å². The fourth-order valence-electron chi connectivity index (χ4n) is 11.7. The Balaban J connectivity index is 1.24. The lowest BCUT2D eigenvalue weighted by Gasteiger charge is -2.23. The molecule has 0 aliphatic heterocycles. The first-order chi connectivity index (χ1) is 35.4. The normalized spacial score (nSPS) is 12.1. The van der Waals surface area contributed by atoms with Crippen LogP contribution in [-0.2, 0) is 6.18 Å². The molecule has 14 aromatic rings. The van der Waals surface area contributed by atoms with Gasteiger partial charge in [-0.1, -0.05) is 146 Å². The second kappa shape index (κ2) is 15.3. The fourth-order valence-corrected chi connectivity index (χ4v) is 11.7. The highest BCUT2D eigenvalue weighted by molar-refractivity contribution is 6.26. The number of benzene rings is 10. The number of nitriles is 2. The molecule has 72 heavy (non-hydrogen) atoms. The summed E-state index contributed by atoms with van der Waals surface area (Å²) >= 11 is 0. The van der Waals surface area contributed by atoms with Crippen molar-refractivity contribution in [2.45, 2.75) is 6.18 Å². The van der Waals surface area contributed by atoms with Gasteiger partial charge >= 0.3 is 6.18 Å². The maximum atomic E-state index is 15.7. The number of para-hydroxylation sites is 6. The van der Waals surface area contributed by atoms with E-state index in [1.54, 1.807) is 12.1 Å². The van der Waals surface area contributed by atoms with Crippen molar-refractivity contribution in [3.8, 4) is 46.0 Å². The average Bonchev–Trinajstić information content (AvgIpc) is 4.16. The highest BCUT2D eigenvalue weighted by atomic mass is 19.4. The topological polar surface area (TPSA) is 67.3 Å². The number of aromatic nitrogens is 4. The van der Waals surface area contributed by atoms with Crippen molar-refractivity contribution in [3.05, 3.63) is 229 Å². The second-order valence-electron chi connectivity index (χ2n) is 18.1. The first kappa shape index (κ1) is 41.2. The molecular weight excluding hydrogens is 898 g/mol. The van der Waals surface area contributed by atoms with Crippen LogP contribution in [0.4, 0.5) is 13.2 Å². The van der Waals surface area contributed by atoms with Gasteiger partial charge in [-0.05, 0) is 66.7 Å². The third-order valence-electron chi connectivity index (χ3n) is 14.5. The molecule has 0 aliphatic carbocycles. The third-order valence-corrected chi connectivity index (χ3v) is 14.5. The van der Waals surface area contributed by atoms with Crippen LogP contribution < -0.4 is 0 Å². The quantitative estimate of drug-likeness (QED) is 0.173. The predicted molar refractivity (Wildman–Crippen MR) is 284 cm³/mol. The van der Waals surface area contributed by atoms with Crippen molar-refractivity contribution in [1.29, 1.82) is 10.5 Å². The van der Waals surface area contributed by atoms with Crippen LogP contribution in [0.5, 0.6) is 0 Å². The molecule has 4 heterocycles. The zero-order valence-electron chi connectivity index (χ0n) is 38.0. The Kier molecular flexibility index (Phi) is 8.77. The van der Waals surface area contributed by atoms with Crippen LogP contribution in [-0.4, -0.2) is 18.3 Å². The lowest BCUT2D eigenvalue weighted by Crippen LogP contribution is -2.12. The summed E-state index contributed by atoms with van der Waals surface area (Å²) in [5.41, 5.74) is 7.93. The Morgan fingerprint density at radius 1 is 0.347 bits per heavy atom. The van der Waals surface area contributed by atoms with E-state index in [9.17, 15) is 10.5 Å². The molecule has 0 saturated heterocycles. The van der Waals surface area contributed by atoms with Gasteiger partial charge in [0.25, 0.3) is 0 Å². The van der Waals surface area contributed by atoms with Crippen LogP contribution in [0, 0.1) is 22.7 Å². The maximum absolute atomic E-state index is 15.7. The summed E-state index contributed by atoms with van der Waals surface area (Å²) in [6, 6.07) is 72.9. The van der Waals surface area contributed by atoms with Gasteiger partial charge in [0, 0.05) is 65.6 Å². The summed E-state index contributed by atoms with van der Waals surface area (Å²) in [6.07, 6.45) is -4.86. The van der Waals surface area contributed by atoms with Gasteiger partial charge in [-0.2, -0.15) is 23.7 Å². The smallest absolute Gasteiger partial charge is 0.307 e. The Labute approximate surface area is 408 Å². The largest absolute Gasteiger partial charge is 0.417 e. The van der Waals surface area contributed by atoms with Gasteiger partial charge < -0.3 is 18.3 Å². The van der Waals surface area contributed by atoms with Crippen LogP contribution >= 0.6 is 0 Å². The molecule has 0 radical (unpaired) electrons. The van der Waals surface area contributed by atoms with Crippen molar-refractivity contribution in [3.63, 3.8) is 0 Å². The lowest BCUT2D eigenvalue weighted by atomic mass is 9.90. The summed E-state index contributed by atoms with van der Waals surface area (Å²) in [5, 5.41) is 30.4. The Bertz CT molecular complexity index is 4690. The van der Waals surface area contributed by atoms with Crippen molar-refractivity contribution >= 4 is 87.2 Å². The molecule has 0 spiro atoms. The first-order valence-electron chi connectivity index (χ1n) is 23.6. The predicted octanol–water partition coefficient (Wildman–Crippen LogP) is 16.5. The number of halogens is 3. The minimum atomic E-state index is -4.86. The molecule has 0 bridgehead atoms. The molecule has 0 amide bonds. The van der Waals surface area contributed by atoms with E-state index >= 15 is 13.2 Å². The molecule has 9 heteroatoms. The van der Waals surface area contributed by atoms with Crippen LogP contribution in [0.3, 0.4) is 0 Å². The summed E-state index contributed by atoms with van der Waals surface area (Å²) in [7, 11) is 0. The highest BCUT2D eigenvalue weighted by Gasteiger charge is 2.37. The molecule has 0 fully saturated rings. The lowest BCUT2D eigenvalue weighted by molar-refractivity contribution is -0.137. The van der Waals surface area contributed by atoms with Crippen LogP contribution in [0.25, 0.3) is 121 Å². The van der Waals surface area contributed by atoms with Gasteiger partial charge in [-0.3, -0.25) is 0 Å². The standard InChI is InChI=1S/C63H35F3N6/c64-63(65,66)51-25-15-16-38(36-67)57(51)49-34-35-56(71-54-28-13-9-23-43(54)47-32-30-45-41-21-7-11-26-52(41)69(59(45)61(47)71)39-17-3-1-4-18-39)50(37-68)58(49)72-55-29-14-10-24-44(55)48-33-31-46-42-22-8-12-27-53(42)70(60(46)62(48)72)40-19-5-2-6-20-40/h1-35H. The Morgan fingerprint density at radius 3 is 1.19 bits per heavy atom. The second-order valence-corrected chi connectivity index (χ2v) is 18.1. The molecule has 0 aliphatic rings. The zero-order chi connectivity index (χ0) is 48.4. The van der Waals surface area contributed by atoms with Crippen molar-refractivity contribution in [1.82, 2.24) is 18.3 Å². The number of rotatable bonds is 5. The maximum Gasteiger partial charge on any atom is 0.417 e. The molecule has 14 rings (SSSR count). The summed E-state index contributed by atoms with van der Waals surface area (Å²) < 4.78 is 55.5. The third kappa shape index (κ3) is 5.65. The van der Waals surface area contributed by atoms with E-state index in [-0.39, 0.29) is 27.9 Å². The number of alkyl halides is 3. The van der Waals surface area contributed by atoms with E-state index in [1.807, 2.05) is 120 Å². The van der Waals surface area contributed by atoms with Gasteiger partial charge in [0.05, 0.1) is 72.7 Å². The van der Waals surface area contributed by atoms with E-state index in [1.165, 1.54) is 12.1 Å². The molecule has 4 aromatic heterocycles. The Hall–Kier alpha value is -9.83. The van der Waals surface area contributed by atoms with E-state index in [0.717, 1.165) is 93.6 Å². The van der Waals surface area contributed by atoms with E-state index in [2.05, 4.69) is 92.6 Å². The summed E-state index contributed by atoms with van der Waals surface area (Å²) in [5.74, 6) is 0. The first-order valence-corrected chi connectivity index (χ1v) is 23.6.